The Morgan fingerprint density at radius 3 is 2.67 bits per heavy atom. The van der Waals surface area contributed by atoms with E-state index in [9.17, 15) is 14.7 Å². The first-order valence-corrected chi connectivity index (χ1v) is 4.54. The van der Waals surface area contributed by atoms with Crippen molar-refractivity contribution in [2.45, 2.75) is 20.4 Å². The zero-order valence-electron chi connectivity index (χ0n) is 8.90. The van der Waals surface area contributed by atoms with Gasteiger partial charge in [-0.05, 0) is 19.4 Å². The van der Waals surface area contributed by atoms with E-state index in [4.69, 9.17) is 0 Å². The third-order valence-corrected chi connectivity index (χ3v) is 2.19. The summed E-state index contributed by atoms with van der Waals surface area (Å²) in [6.07, 6.45) is 0. The maximum absolute atomic E-state index is 11.4. The minimum absolute atomic E-state index is 0.0407. The van der Waals surface area contributed by atoms with Crippen LogP contribution in [0.15, 0.2) is 10.9 Å². The molecule has 1 rings (SSSR count). The smallest absolute Gasteiger partial charge is 0.343 e. The normalized spacial score (nSPS) is 10.1. The van der Waals surface area contributed by atoms with Gasteiger partial charge < -0.3 is 9.84 Å². The highest BCUT2D eigenvalue weighted by atomic mass is 16.5. The van der Waals surface area contributed by atoms with Crippen LogP contribution in [-0.4, -0.2) is 22.8 Å². The predicted molar refractivity (Wildman–Crippen MR) is 54.1 cm³/mol. The van der Waals surface area contributed by atoms with Gasteiger partial charge in [0.2, 0.25) is 5.88 Å². The van der Waals surface area contributed by atoms with Gasteiger partial charge in [0.05, 0.1) is 7.11 Å². The quantitative estimate of drug-likeness (QED) is 0.730. The van der Waals surface area contributed by atoms with Gasteiger partial charge in [-0.1, -0.05) is 0 Å². The first-order chi connectivity index (χ1) is 7.02. The molecule has 0 unspecified atom stereocenters. The van der Waals surface area contributed by atoms with E-state index in [2.05, 4.69) is 4.74 Å². The van der Waals surface area contributed by atoms with Crippen LogP contribution in [0.25, 0.3) is 0 Å². The van der Waals surface area contributed by atoms with Gasteiger partial charge in [-0.3, -0.25) is 9.36 Å². The lowest BCUT2D eigenvalue weighted by Crippen LogP contribution is -2.22. The van der Waals surface area contributed by atoms with E-state index in [1.54, 1.807) is 13.8 Å². The molecule has 0 spiro atoms. The molecule has 0 radical (unpaired) electrons. The molecule has 82 valence electrons. The molecule has 0 aliphatic heterocycles. The molecule has 1 aromatic heterocycles. The summed E-state index contributed by atoms with van der Waals surface area (Å²) in [6.45, 7) is 3.58. The average Bonchev–Trinajstić information content (AvgIpc) is 2.17. The second-order valence-electron chi connectivity index (χ2n) is 3.10. The number of aromatic hydroxyl groups is 1. The Kier molecular flexibility index (Phi) is 3.14. The van der Waals surface area contributed by atoms with Crippen molar-refractivity contribution in [3.63, 3.8) is 0 Å². The highest BCUT2D eigenvalue weighted by molar-refractivity contribution is 5.93. The first kappa shape index (κ1) is 11.3. The first-order valence-electron chi connectivity index (χ1n) is 4.54. The Morgan fingerprint density at radius 2 is 2.20 bits per heavy atom. The number of hydrogen-bond donors (Lipinski definition) is 1. The average molecular weight is 211 g/mol. The molecular formula is C10H13NO4. The molecule has 15 heavy (non-hydrogen) atoms. The van der Waals surface area contributed by atoms with E-state index in [1.165, 1.54) is 13.2 Å². The molecule has 0 saturated carbocycles. The van der Waals surface area contributed by atoms with Gasteiger partial charge in [0.15, 0.2) is 0 Å². The minimum Gasteiger partial charge on any atom is -0.494 e. The van der Waals surface area contributed by atoms with E-state index >= 15 is 0 Å². The lowest BCUT2D eigenvalue weighted by atomic mass is 10.1. The number of rotatable bonds is 2. The molecule has 0 saturated heterocycles. The number of methoxy groups -OCH3 is 1. The van der Waals surface area contributed by atoms with E-state index in [1.807, 2.05) is 0 Å². The summed E-state index contributed by atoms with van der Waals surface area (Å²) in [7, 11) is 1.22. The Bertz CT molecular complexity index is 447. The van der Waals surface area contributed by atoms with Crippen LogP contribution < -0.4 is 5.56 Å². The standard InChI is InChI=1S/C10H13NO4/c1-4-11-7(12)5-6(2)8(9(11)13)10(14)15-3/h5,13H,4H2,1-3H3. The Labute approximate surface area is 86.9 Å². The monoisotopic (exact) mass is 211 g/mol. The number of carbonyl (C=O) groups excluding carboxylic acids is 1. The maximum Gasteiger partial charge on any atom is 0.343 e. The van der Waals surface area contributed by atoms with Crippen LogP contribution in [0.2, 0.25) is 0 Å². The molecule has 1 heterocycles. The Balaban J connectivity index is 3.52. The van der Waals surface area contributed by atoms with Crippen molar-refractivity contribution < 1.29 is 14.6 Å². The second kappa shape index (κ2) is 4.16. The van der Waals surface area contributed by atoms with Crippen LogP contribution in [0.5, 0.6) is 5.88 Å². The third-order valence-electron chi connectivity index (χ3n) is 2.19. The lowest BCUT2D eigenvalue weighted by Gasteiger charge is -2.11. The molecule has 1 N–H and O–H groups in total. The number of carbonyl (C=O) groups is 1. The number of aromatic nitrogens is 1. The number of pyridine rings is 1. The van der Waals surface area contributed by atoms with Gasteiger partial charge in [-0.25, -0.2) is 4.79 Å². The zero-order chi connectivity index (χ0) is 11.6. The molecule has 0 aliphatic carbocycles. The van der Waals surface area contributed by atoms with Gasteiger partial charge >= 0.3 is 5.97 Å². The molecule has 0 aliphatic rings. The fourth-order valence-corrected chi connectivity index (χ4v) is 1.41. The molecule has 0 atom stereocenters. The maximum atomic E-state index is 11.4. The van der Waals surface area contributed by atoms with Crippen molar-refractivity contribution in [1.29, 1.82) is 0 Å². The number of hydrogen-bond acceptors (Lipinski definition) is 4. The third kappa shape index (κ3) is 1.86. The highest BCUT2D eigenvalue weighted by Crippen LogP contribution is 2.19. The molecule has 0 fully saturated rings. The summed E-state index contributed by atoms with van der Waals surface area (Å²) in [5.74, 6) is -0.985. The molecule has 0 bridgehead atoms. The van der Waals surface area contributed by atoms with Gasteiger partial charge in [-0.15, -0.1) is 0 Å². The molecule has 0 aromatic carbocycles. The summed E-state index contributed by atoms with van der Waals surface area (Å²) in [6, 6.07) is 1.30. The zero-order valence-corrected chi connectivity index (χ0v) is 8.90. The summed E-state index contributed by atoms with van der Waals surface area (Å²) in [5, 5.41) is 9.71. The Morgan fingerprint density at radius 1 is 1.60 bits per heavy atom. The van der Waals surface area contributed by atoms with Crippen molar-refractivity contribution in [1.82, 2.24) is 4.57 Å². The van der Waals surface area contributed by atoms with Gasteiger partial charge in [-0.2, -0.15) is 0 Å². The van der Waals surface area contributed by atoms with Gasteiger partial charge in [0, 0.05) is 12.6 Å². The summed E-state index contributed by atoms with van der Waals surface area (Å²) >= 11 is 0. The number of nitrogens with zero attached hydrogens (tertiary/aromatic N) is 1. The van der Waals surface area contributed by atoms with E-state index in [0.717, 1.165) is 4.57 Å². The van der Waals surface area contributed by atoms with Crippen molar-refractivity contribution in [3.8, 4) is 5.88 Å². The molecule has 0 amide bonds. The lowest BCUT2D eigenvalue weighted by molar-refractivity contribution is 0.0594. The van der Waals surface area contributed by atoms with Crippen molar-refractivity contribution in [3.05, 3.63) is 27.5 Å². The molecule has 5 heteroatoms. The minimum atomic E-state index is -0.646. The van der Waals surface area contributed by atoms with Gasteiger partial charge in [0.25, 0.3) is 5.56 Å². The van der Waals surface area contributed by atoms with Crippen LogP contribution in [0.3, 0.4) is 0 Å². The van der Waals surface area contributed by atoms with E-state index in [-0.39, 0.29) is 17.0 Å². The van der Waals surface area contributed by atoms with Crippen LogP contribution in [-0.2, 0) is 11.3 Å². The SMILES string of the molecule is CCn1c(O)c(C(=O)OC)c(C)cc1=O. The van der Waals surface area contributed by atoms with Crippen LogP contribution in [0, 0.1) is 6.92 Å². The van der Waals surface area contributed by atoms with E-state index in [0.29, 0.717) is 12.1 Å². The van der Waals surface area contributed by atoms with Crippen LogP contribution in [0.4, 0.5) is 0 Å². The largest absolute Gasteiger partial charge is 0.494 e. The van der Waals surface area contributed by atoms with Crippen LogP contribution >= 0.6 is 0 Å². The second-order valence-corrected chi connectivity index (χ2v) is 3.10. The Hall–Kier alpha value is -1.78. The fourth-order valence-electron chi connectivity index (χ4n) is 1.41. The molecule has 5 nitrogen and oxygen atoms in total. The van der Waals surface area contributed by atoms with Crippen molar-refractivity contribution >= 4 is 5.97 Å². The van der Waals surface area contributed by atoms with Crippen molar-refractivity contribution in [2.75, 3.05) is 7.11 Å². The van der Waals surface area contributed by atoms with E-state index < -0.39 is 5.97 Å². The summed E-state index contributed by atoms with van der Waals surface area (Å²) < 4.78 is 5.63. The topological polar surface area (TPSA) is 68.5 Å². The van der Waals surface area contributed by atoms with Gasteiger partial charge in [0.1, 0.15) is 5.56 Å². The fraction of sp³-hybridized carbons (Fsp3) is 0.400. The number of ether oxygens (including phenoxy) is 1. The molecule has 1 aromatic rings. The highest BCUT2D eigenvalue weighted by Gasteiger charge is 2.18. The number of aryl methyl sites for hydroxylation is 1. The predicted octanol–water partition coefficient (Wildman–Crippen LogP) is 0.669. The summed E-state index contributed by atoms with van der Waals surface area (Å²) in [4.78, 5) is 22.7. The van der Waals surface area contributed by atoms with Crippen LogP contribution in [0.1, 0.15) is 22.8 Å². The number of esters is 1. The molecular weight excluding hydrogens is 198 g/mol. The summed E-state index contributed by atoms with van der Waals surface area (Å²) in [5.41, 5.74) is 0.119. The van der Waals surface area contributed by atoms with Crippen molar-refractivity contribution in [2.24, 2.45) is 0 Å².